The maximum atomic E-state index is 11.4. The number of rotatable bonds is 5. The Bertz CT molecular complexity index is 367. The van der Waals surface area contributed by atoms with Gasteiger partial charge in [0.1, 0.15) is 5.03 Å². The molecular formula is C11H17N3O2S. The number of thioether (sulfide) groups is 1. The van der Waals surface area contributed by atoms with Crippen LogP contribution in [0.5, 0.6) is 0 Å². The highest BCUT2D eigenvalue weighted by Gasteiger charge is 2.12. The monoisotopic (exact) mass is 255 g/mol. The number of hydrogen-bond donors (Lipinski definition) is 2. The molecular weight excluding hydrogens is 238 g/mol. The van der Waals surface area contributed by atoms with Crippen LogP contribution in [-0.2, 0) is 0 Å². The van der Waals surface area contributed by atoms with Gasteiger partial charge in [-0.05, 0) is 26.0 Å². The number of hydrogen-bond acceptors (Lipinski definition) is 5. The molecule has 0 radical (unpaired) electrons. The zero-order valence-electron chi connectivity index (χ0n) is 10.2. The van der Waals surface area contributed by atoms with Gasteiger partial charge in [-0.25, -0.2) is 0 Å². The molecule has 0 aromatic carbocycles. The van der Waals surface area contributed by atoms with E-state index in [2.05, 4.69) is 15.5 Å². The van der Waals surface area contributed by atoms with Crippen LogP contribution in [0.4, 0.5) is 0 Å². The summed E-state index contributed by atoms with van der Waals surface area (Å²) in [5.74, 6) is -0.222. The second-order valence-electron chi connectivity index (χ2n) is 3.68. The van der Waals surface area contributed by atoms with Gasteiger partial charge in [-0.3, -0.25) is 4.79 Å². The van der Waals surface area contributed by atoms with Crippen LogP contribution >= 0.6 is 11.8 Å². The van der Waals surface area contributed by atoms with Gasteiger partial charge in [-0.15, -0.1) is 10.2 Å². The molecule has 1 aromatic heterocycles. The Morgan fingerprint density at radius 3 is 2.65 bits per heavy atom. The molecule has 6 heteroatoms. The van der Waals surface area contributed by atoms with Crippen molar-refractivity contribution in [2.75, 3.05) is 6.54 Å². The maximum Gasteiger partial charge on any atom is 0.271 e. The minimum atomic E-state index is -0.412. The predicted molar refractivity (Wildman–Crippen MR) is 67.0 cm³/mol. The summed E-state index contributed by atoms with van der Waals surface area (Å²) < 4.78 is 0. The van der Waals surface area contributed by atoms with Gasteiger partial charge in [0.15, 0.2) is 5.69 Å². The summed E-state index contributed by atoms with van der Waals surface area (Å²) in [6.45, 7) is 6.05. The maximum absolute atomic E-state index is 11.4. The molecule has 0 fully saturated rings. The summed E-state index contributed by atoms with van der Waals surface area (Å²) in [5, 5.41) is 20.5. The van der Waals surface area contributed by atoms with Gasteiger partial charge < -0.3 is 10.4 Å². The quantitative estimate of drug-likeness (QED) is 0.770. The lowest BCUT2D eigenvalue weighted by atomic mass is 10.3. The molecule has 0 spiro atoms. The van der Waals surface area contributed by atoms with E-state index in [4.69, 9.17) is 0 Å². The number of carbonyl (C=O) groups is 1. The van der Waals surface area contributed by atoms with E-state index in [0.717, 1.165) is 0 Å². The van der Waals surface area contributed by atoms with Crippen molar-refractivity contribution in [3.05, 3.63) is 17.8 Å². The van der Waals surface area contributed by atoms with E-state index in [-0.39, 0.29) is 11.2 Å². The largest absolute Gasteiger partial charge is 0.392 e. The van der Waals surface area contributed by atoms with Gasteiger partial charge in [0, 0.05) is 11.8 Å². The van der Waals surface area contributed by atoms with E-state index in [1.807, 2.05) is 13.8 Å². The molecule has 1 amide bonds. The van der Waals surface area contributed by atoms with Crippen LogP contribution in [0.3, 0.4) is 0 Å². The fraction of sp³-hybridized carbons (Fsp3) is 0.545. The number of carbonyl (C=O) groups excluding carboxylic acids is 1. The molecule has 2 unspecified atom stereocenters. The summed E-state index contributed by atoms with van der Waals surface area (Å²) >= 11 is 1.43. The lowest BCUT2D eigenvalue weighted by Crippen LogP contribution is -2.24. The molecule has 0 saturated heterocycles. The third-order valence-electron chi connectivity index (χ3n) is 2.20. The second kappa shape index (κ2) is 6.56. The lowest BCUT2D eigenvalue weighted by Gasteiger charge is -2.12. The van der Waals surface area contributed by atoms with E-state index in [1.165, 1.54) is 11.8 Å². The summed E-state index contributed by atoms with van der Waals surface area (Å²) in [6, 6.07) is 3.37. The fourth-order valence-electron chi connectivity index (χ4n) is 1.04. The first kappa shape index (κ1) is 13.9. The minimum absolute atomic E-state index is 0.0413. The van der Waals surface area contributed by atoms with Crippen LogP contribution in [0.2, 0.25) is 0 Å². The zero-order chi connectivity index (χ0) is 12.8. The molecule has 94 valence electrons. The SMILES string of the molecule is CCNC(=O)c1ccc(SC(C)C(C)O)nn1. The van der Waals surface area contributed by atoms with Crippen molar-refractivity contribution in [1.29, 1.82) is 0 Å². The van der Waals surface area contributed by atoms with Crippen LogP contribution in [0, 0.1) is 0 Å². The highest BCUT2D eigenvalue weighted by Crippen LogP contribution is 2.22. The van der Waals surface area contributed by atoms with Crippen molar-refractivity contribution in [2.24, 2.45) is 0 Å². The van der Waals surface area contributed by atoms with Crippen LogP contribution < -0.4 is 5.32 Å². The standard InChI is InChI=1S/C11H17N3O2S/c1-4-12-11(16)9-5-6-10(14-13-9)17-8(3)7(2)15/h5-8,15H,4H2,1-3H3,(H,12,16). The Labute approximate surface area is 105 Å². The molecule has 0 aliphatic heterocycles. The van der Waals surface area contributed by atoms with E-state index in [0.29, 0.717) is 17.3 Å². The average molecular weight is 255 g/mol. The van der Waals surface area contributed by atoms with E-state index in [1.54, 1.807) is 19.1 Å². The topological polar surface area (TPSA) is 75.1 Å². The van der Waals surface area contributed by atoms with E-state index < -0.39 is 6.10 Å². The third-order valence-corrected chi connectivity index (χ3v) is 3.42. The van der Waals surface area contributed by atoms with Crippen molar-refractivity contribution >= 4 is 17.7 Å². The number of amides is 1. The Hall–Kier alpha value is -1.14. The smallest absolute Gasteiger partial charge is 0.271 e. The molecule has 2 N–H and O–H groups in total. The highest BCUT2D eigenvalue weighted by atomic mass is 32.2. The van der Waals surface area contributed by atoms with Crippen LogP contribution in [0.1, 0.15) is 31.3 Å². The number of aromatic nitrogens is 2. The molecule has 0 bridgehead atoms. The molecule has 1 aromatic rings. The van der Waals surface area contributed by atoms with Gasteiger partial charge in [0.25, 0.3) is 5.91 Å². The molecule has 0 aliphatic rings. The number of aliphatic hydroxyl groups is 1. The van der Waals surface area contributed by atoms with Crippen molar-refractivity contribution in [2.45, 2.75) is 37.2 Å². The van der Waals surface area contributed by atoms with Gasteiger partial charge in [0.05, 0.1) is 6.10 Å². The normalized spacial score (nSPS) is 14.1. The van der Waals surface area contributed by atoms with E-state index >= 15 is 0 Å². The number of nitrogens with one attached hydrogen (secondary N) is 1. The van der Waals surface area contributed by atoms with Crippen LogP contribution in [0.15, 0.2) is 17.2 Å². The fourth-order valence-corrected chi connectivity index (χ4v) is 1.86. The summed E-state index contributed by atoms with van der Waals surface area (Å²) in [4.78, 5) is 11.4. The van der Waals surface area contributed by atoms with Gasteiger partial charge in [0.2, 0.25) is 0 Å². The van der Waals surface area contributed by atoms with Crippen molar-refractivity contribution in [1.82, 2.24) is 15.5 Å². The molecule has 1 heterocycles. The van der Waals surface area contributed by atoms with Crippen LogP contribution in [-0.4, -0.2) is 39.1 Å². The van der Waals surface area contributed by atoms with Gasteiger partial charge in [-0.1, -0.05) is 18.7 Å². The van der Waals surface area contributed by atoms with Crippen LogP contribution in [0.25, 0.3) is 0 Å². The molecule has 0 aliphatic carbocycles. The van der Waals surface area contributed by atoms with Crippen molar-refractivity contribution < 1.29 is 9.90 Å². The minimum Gasteiger partial charge on any atom is -0.392 e. The number of aliphatic hydroxyl groups excluding tert-OH is 1. The molecule has 1 rings (SSSR count). The number of nitrogens with zero attached hydrogens (tertiary/aromatic N) is 2. The first-order valence-corrected chi connectivity index (χ1v) is 6.39. The third kappa shape index (κ3) is 4.32. The Balaban J connectivity index is 2.65. The summed E-state index contributed by atoms with van der Waals surface area (Å²) in [7, 11) is 0. The Morgan fingerprint density at radius 1 is 1.47 bits per heavy atom. The van der Waals surface area contributed by atoms with E-state index in [9.17, 15) is 9.90 Å². The second-order valence-corrected chi connectivity index (χ2v) is 5.08. The van der Waals surface area contributed by atoms with Crippen molar-refractivity contribution in [3.8, 4) is 0 Å². The summed E-state index contributed by atoms with van der Waals surface area (Å²) in [6.07, 6.45) is -0.412. The molecule has 0 saturated carbocycles. The Kier molecular flexibility index (Phi) is 5.37. The zero-order valence-corrected chi connectivity index (χ0v) is 11.0. The molecule has 17 heavy (non-hydrogen) atoms. The Morgan fingerprint density at radius 2 is 2.18 bits per heavy atom. The average Bonchev–Trinajstić information content (AvgIpc) is 2.30. The molecule has 2 atom stereocenters. The molecule has 5 nitrogen and oxygen atoms in total. The predicted octanol–water partition coefficient (Wildman–Crippen LogP) is 1.09. The highest BCUT2D eigenvalue weighted by molar-refractivity contribution is 7.99. The van der Waals surface area contributed by atoms with Gasteiger partial charge >= 0.3 is 0 Å². The first-order valence-electron chi connectivity index (χ1n) is 5.51. The van der Waals surface area contributed by atoms with Crippen molar-refractivity contribution in [3.63, 3.8) is 0 Å². The lowest BCUT2D eigenvalue weighted by molar-refractivity contribution is 0.0949. The van der Waals surface area contributed by atoms with Gasteiger partial charge in [-0.2, -0.15) is 0 Å². The summed E-state index contributed by atoms with van der Waals surface area (Å²) in [5.41, 5.74) is 0.306. The first-order chi connectivity index (χ1) is 8.04.